The van der Waals surface area contributed by atoms with Gasteiger partial charge in [-0.3, -0.25) is 4.79 Å². The van der Waals surface area contributed by atoms with E-state index in [4.69, 9.17) is 14.6 Å². The van der Waals surface area contributed by atoms with E-state index in [2.05, 4.69) is 4.74 Å². The number of carboxylic acid groups (broad SMARTS) is 1. The van der Waals surface area contributed by atoms with Gasteiger partial charge in [-0.05, 0) is 32.0 Å². The van der Waals surface area contributed by atoms with Crippen molar-refractivity contribution in [2.24, 2.45) is 11.8 Å². The summed E-state index contributed by atoms with van der Waals surface area (Å²) in [6.45, 7) is 3.79. The fraction of sp³-hybridized carbons (Fsp3) is 0.467. The lowest BCUT2D eigenvalue weighted by Gasteiger charge is -2.32. The van der Waals surface area contributed by atoms with Crippen molar-refractivity contribution in [2.75, 3.05) is 7.11 Å². The van der Waals surface area contributed by atoms with Crippen LogP contribution < -0.4 is 9.47 Å². The van der Waals surface area contributed by atoms with E-state index in [0.717, 1.165) is 5.56 Å². The van der Waals surface area contributed by atoms with Crippen LogP contribution in [-0.2, 0) is 9.53 Å². The molecule has 0 radical (unpaired) electrons. The monoisotopic (exact) mass is 292 g/mol. The molecule has 1 saturated carbocycles. The van der Waals surface area contributed by atoms with Gasteiger partial charge in [0.2, 0.25) is 0 Å². The molecular weight excluding hydrogens is 276 g/mol. The van der Waals surface area contributed by atoms with Crippen molar-refractivity contribution in [1.29, 1.82) is 0 Å². The average Bonchev–Trinajstić information content (AvgIpc) is 3.14. The molecular formula is C15H16O6. The van der Waals surface area contributed by atoms with E-state index in [1.165, 1.54) is 0 Å². The van der Waals surface area contributed by atoms with Gasteiger partial charge in [0.1, 0.15) is 17.1 Å². The molecule has 21 heavy (non-hydrogen) atoms. The highest BCUT2D eigenvalue weighted by Crippen LogP contribution is 2.65. The third kappa shape index (κ3) is 2.11. The first-order valence-electron chi connectivity index (χ1n) is 6.66. The molecule has 1 aliphatic heterocycles. The van der Waals surface area contributed by atoms with Gasteiger partial charge in [0, 0.05) is 17.4 Å². The van der Waals surface area contributed by atoms with Crippen molar-refractivity contribution in [3.05, 3.63) is 23.8 Å². The molecule has 1 heterocycles. The fourth-order valence-corrected chi connectivity index (χ4v) is 3.37. The molecule has 3 rings (SSSR count). The van der Waals surface area contributed by atoms with E-state index < -0.39 is 23.6 Å². The Balaban J connectivity index is 1.96. The minimum atomic E-state index is -1.58. The molecule has 112 valence electrons. The Bertz CT molecular complexity index is 621. The standard InChI is InChI=1S/C15H16O6/c1-15(2)12-10(11(12)13(16)20-14(17)18)8-6-7(19-3)4-5-9(8)21-15/h4-6,10-12H,1-3H3,(H,17,18)/t10-,11?,12-/m1/s1. The minimum Gasteiger partial charge on any atom is -0.497 e. The van der Waals surface area contributed by atoms with Gasteiger partial charge in [0.05, 0.1) is 13.0 Å². The molecule has 6 nitrogen and oxygen atoms in total. The summed E-state index contributed by atoms with van der Waals surface area (Å²) in [5.74, 6) is -0.0234. The van der Waals surface area contributed by atoms with Crippen LogP contribution in [0.25, 0.3) is 0 Å². The van der Waals surface area contributed by atoms with Crippen LogP contribution in [0.2, 0.25) is 0 Å². The molecule has 1 aromatic carbocycles. The summed E-state index contributed by atoms with van der Waals surface area (Å²) >= 11 is 0. The number of hydrogen-bond donors (Lipinski definition) is 1. The molecule has 3 atom stereocenters. The number of fused-ring (bicyclic) bond motifs is 3. The van der Waals surface area contributed by atoms with Crippen LogP contribution in [0.5, 0.6) is 11.5 Å². The summed E-state index contributed by atoms with van der Waals surface area (Å²) in [5, 5.41) is 8.61. The number of benzene rings is 1. The Morgan fingerprint density at radius 3 is 2.67 bits per heavy atom. The van der Waals surface area contributed by atoms with Crippen molar-refractivity contribution in [3.63, 3.8) is 0 Å². The highest BCUT2D eigenvalue weighted by Gasteiger charge is 2.67. The normalized spacial score (nSPS) is 27.7. The molecule has 1 N–H and O–H groups in total. The second-order valence-electron chi connectivity index (χ2n) is 5.87. The summed E-state index contributed by atoms with van der Waals surface area (Å²) in [7, 11) is 1.57. The Morgan fingerprint density at radius 1 is 1.33 bits per heavy atom. The predicted octanol–water partition coefficient (Wildman–Crippen LogP) is 2.42. The smallest absolute Gasteiger partial charge is 0.497 e. The van der Waals surface area contributed by atoms with Crippen LogP contribution in [0.15, 0.2) is 18.2 Å². The van der Waals surface area contributed by atoms with Crippen LogP contribution in [0, 0.1) is 11.8 Å². The maximum absolute atomic E-state index is 11.9. The number of carbonyl (C=O) groups excluding carboxylic acids is 1. The average molecular weight is 292 g/mol. The van der Waals surface area contributed by atoms with Crippen molar-refractivity contribution < 1.29 is 28.9 Å². The third-order valence-corrected chi connectivity index (χ3v) is 4.23. The molecule has 0 amide bonds. The summed E-state index contributed by atoms with van der Waals surface area (Å²) in [4.78, 5) is 22.5. The Morgan fingerprint density at radius 2 is 2.05 bits per heavy atom. The largest absolute Gasteiger partial charge is 0.513 e. The van der Waals surface area contributed by atoms with E-state index in [-0.39, 0.29) is 11.8 Å². The highest BCUT2D eigenvalue weighted by molar-refractivity contribution is 5.87. The maximum atomic E-state index is 11.9. The summed E-state index contributed by atoms with van der Waals surface area (Å²) < 4.78 is 15.5. The van der Waals surface area contributed by atoms with Crippen LogP contribution in [0.1, 0.15) is 25.3 Å². The molecule has 0 aromatic heterocycles. The van der Waals surface area contributed by atoms with Gasteiger partial charge in [-0.2, -0.15) is 0 Å². The fourth-order valence-electron chi connectivity index (χ4n) is 3.37. The summed E-state index contributed by atoms with van der Waals surface area (Å²) in [6.07, 6.45) is -1.58. The van der Waals surface area contributed by atoms with E-state index in [0.29, 0.717) is 11.5 Å². The zero-order valence-corrected chi connectivity index (χ0v) is 12.0. The molecule has 2 aliphatic rings. The van der Waals surface area contributed by atoms with Crippen molar-refractivity contribution in [2.45, 2.75) is 25.4 Å². The van der Waals surface area contributed by atoms with E-state index in [1.807, 2.05) is 26.0 Å². The lowest BCUT2D eigenvalue weighted by molar-refractivity contribution is -0.141. The molecule has 1 fully saturated rings. The van der Waals surface area contributed by atoms with Crippen LogP contribution in [0.3, 0.4) is 0 Å². The lowest BCUT2D eigenvalue weighted by Crippen LogP contribution is -2.35. The Labute approximate surface area is 121 Å². The predicted molar refractivity (Wildman–Crippen MR) is 71.5 cm³/mol. The van der Waals surface area contributed by atoms with Gasteiger partial charge in [0.15, 0.2) is 0 Å². The number of ether oxygens (including phenoxy) is 3. The number of carbonyl (C=O) groups is 2. The number of methoxy groups -OCH3 is 1. The molecule has 1 aliphatic carbocycles. The number of esters is 1. The molecule has 1 aromatic rings. The lowest BCUT2D eigenvalue weighted by atomic mass is 9.94. The SMILES string of the molecule is COc1ccc2c(c1)[C@@H]1C(C(=O)OC(=O)O)[C@@H]1C(C)(C)O2. The van der Waals surface area contributed by atoms with Crippen LogP contribution in [0.4, 0.5) is 4.79 Å². The van der Waals surface area contributed by atoms with E-state index in [9.17, 15) is 9.59 Å². The highest BCUT2D eigenvalue weighted by atomic mass is 16.7. The second-order valence-corrected chi connectivity index (χ2v) is 5.87. The molecule has 0 saturated heterocycles. The van der Waals surface area contributed by atoms with Gasteiger partial charge >= 0.3 is 12.1 Å². The third-order valence-electron chi connectivity index (χ3n) is 4.23. The van der Waals surface area contributed by atoms with Crippen LogP contribution >= 0.6 is 0 Å². The van der Waals surface area contributed by atoms with E-state index in [1.54, 1.807) is 13.2 Å². The first kappa shape index (κ1) is 13.7. The molecule has 0 bridgehead atoms. The maximum Gasteiger partial charge on any atom is 0.513 e. The summed E-state index contributed by atoms with van der Waals surface area (Å²) in [5.41, 5.74) is 0.320. The van der Waals surface area contributed by atoms with Crippen molar-refractivity contribution >= 4 is 12.1 Å². The number of rotatable bonds is 2. The second kappa shape index (κ2) is 4.38. The van der Waals surface area contributed by atoms with Gasteiger partial charge in [0.25, 0.3) is 0 Å². The zero-order valence-electron chi connectivity index (χ0n) is 12.0. The number of hydrogen-bond acceptors (Lipinski definition) is 5. The topological polar surface area (TPSA) is 82.1 Å². The van der Waals surface area contributed by atoms with Crippen molar-refractivity contribution in [1.82, 2.24) is 0 Å². The van der Waals surface area contributed by atoms with Crippen LogP contribution in [-0.4, -0.2) is 29.9 Å². The Hall–Kier alpha value is -2.24. The Kier molecular flexibility index (Phi) is 2.86. The van der Waals surface area contributed by atoms with Gasteiger partial charge in [-0.1, -0.05) is 0 Å². The van der Waals surface area contributed by atoms with Gasteiger partial charge in [-0.25, -0.2) is 4.79 Å². The van der Waals surface area contributed by atoms with Gasteiger partial charge in [-0.15, -0.1) is 0 Å². The molecule has 1 unspecified atom stereocenters. The molecule has 6 heteroatoms. The molecule has 0 spiro atoms. The van der Waals surface area contributed by atoms with Crippen molar-refractivity contribution in [3.8, 4) is 11.5 Å². The summed E-state index contributed by atoms with van der Waals surface area (Å²) in [6, 6.07) is 5.43. The first-order valence-corrected chi connectivity index (χ1v) is 6.66. The van der Waals surface area contributed by atoms with E-state index >= 15 is 0 Å². The zero-order chi connectivity index (χ0) is 15.4. The first-order chi connectivity index (χ1) is 9.85. The minimum absolute atomic E-state index is 0.0919. The van der Waals surface area contributed by atoms with Gasteiger partial charge < -0.3 is 19.3 Å². The quantitative estimate of drug-likeness (QED) is 0.666.